The molecule has 2 heterocycles. The third kappa shape index (κ3) is 3.50. The van der Waals surface area contributed by atoms with Crippen molar-refractivity contribution < 1.29 is 4.79 Å². The molecule has 0 atom stereocenters. The van der Waals surface area contributed by atoms with Crippen LogP contribution in [-0.4, -0.2) is 43.8 Å². The number of anilines is 1. The Kier molecular flexibility index (Phi) is 4.27. The summed E-state index contributed by atoms with van der Waals surface area (Å²) in [6.07, 6.45) is 3.62. The quantitative estimate of drug-likeness (QED) is 0.760. The largest absolute Gasteiger partial charge is 0.342 e. The van der Waals surface area contributed by atoms with E-state index in [0.29, 0.717) is 19.6 Å². The summed E-state index contributed by atoms with van der Waals surface area (Å²) in [5.74, 6) is 0.859. The minimum Gasteiger partial charge on any atom is -0.342 e. The van der Waals surface area contributed by atoms with Gasteiger partial charge in [0.2, 0.25) is 0 Å². The van der Waals surface area contributed by atoms with E-state index in [4.69, 9.17) is 0 Å². The number of fused-ring (bicyclic) bond motifs is 1. The standard InChI is InChI=1S/C16H20N6O/c1-3-21(9-10-22-8-4-7-17-22)16(23)20-13-5-6-14-15(11-13)19-12(2)18-14/h4-8,11H,3,9-10H2,1-2H3,(H,18,19)(H,20,23). The normalized spacial score (nSPS) is 10.9. The molecule has 0 aliphatic rings. The Morgan fingerprint density at radius 2 is 2.30 bits per heavy atom. The number of aromatic amines is 1. The van der Waals surface area contributed by atoms with E-state index in [2.05, 4.69) is 20.4 Å². The first kappa shape index (κ1) is 15.1. The second-order valence-electron chi connectivity index (χ2n) is 5.33. The SMILES string of the molecule is CCN(CCn1cccn1)C(=O)Nc1ccc2nc(C)[nH]c2c1. The van der Waals surface area contributed by atoms with Crippen LogP contribution in [0.25, 0.3) is 11.0 Å². The monoisotopic (exact) mass is 312 g/mol. The van der Waals surface area contributed by atoms with E-state index >= 15 is 0 Å². The van der Waals surface area contributed by atoms with Crippen LogP contribution in [0.1, 0.15) is 12.7 Å². The van der Waals surface area contributed by atoms with Gasteiger partial charge in [0.15, 0.2) is 0 Å². The van der Waals surface area contributed by atoms with Crippen molar-refractivity contribution in [3.8, 4) is 0 Å². The average molecular weight is 312 g/mol. The molecule has 0 saturated carbocycles. The molecule has 0 aliphatic heterocycles. The van der Waals surface area contributed by atoms with Gasteiger partial charge in [-0.3, -0.25) is 4.68 Å². The van der Waals surface area contributed by atoms with Gasteiger partial charge in [0, 0.05) is 31.2 Å². The highest BCUT2D eigenvalue weighted by Crippen LogP contribution is 2.17. The Morgan fingerprint density at radius 1 is 1.43 bits per heavy atom. The lowest BCUT2D eigenvalue weighted by Gasteiger charge is -2.21. The van der Waals surface area contributed by atoms with Crippen molar-refractivity contribution in [1.82, 2.24) is 24.6 Å². The highest BCUT2D eigenvalue weighted by atomic mass is 16.2. The fraction of sp³-hybridized carbons (Fsp3) is 0.312. The molecule has 0 unspecified atom stereocenters. The van der Waals surface area contributed by atoms with Crippen molar-refractivity contribution in [3.63, 3.8) is 0 Å². The number of likely N-dealkylation sites (N-methyl/N-ethyl adjacent to an activating group) is 1. The van der Waals surface area contributed by atoms with Crippen molar-refractivity contribution in [2.75, 3.05) is 18.4 Å². The third-order valence-corrected chi connectivity index (χ3v) is 3.68. The Balaban J connectivity index is 1.65. The van der Waals surface area contributed by atoms with Gasteiger partial charge in [-0.25, -0.2) is 9.78 Å². The number of urea groups is 1. The molecule has 2 amide bonds. The second kappa shape index (κ2) is 6.51. The van der Waals surface area contributed by atoms with E-state index < -0.39 is 0 Å². The Morgan fingerprint density at radius 3 is 3.04 bits per heavy atom. The third-order valence-electron chi connectivity index (χ3n) is 3.68. The summed E-state index contributed by atoms with van der Waals surface area (Å²) in [4.78, 5) is 21.7. The molecule has 23 heavy (non-hydrogen) atoms. The zero-order valence-electron chi connectivity index (χ0n) is 13.3. The van der Waals surface area contributed by atoms with Crippen LogP contribution in [-0.2, 0) is 6.54 Å². The maximum absolute atomic E-state index is 12.4. The van der Waals surface area contributed by atoms with Gasteiger partial charge in [0.1, 0.15) is 5.82 Å². The number of nitrogens with zero attached hydrogens (tertiary/aromatic N) is 4. The molecule has 7 heteroatoms. The topological polar surface area (TPSA) is 78.8 Å². The molecule has 0 bridgehead atoms. The molecule has 0 spiro atoms. The van der Waals surface area contributed by atoms with Crippen LogP contribution in [0.15, 0.2) is 36.7 Å². The van der Waals surface area contributed by atoms with Crippen molar-refractivity contribution in [3.05, 3.63) is 42.5 Å². The molecular weight excluding hydrogens is 292 g/mol. The highest BCUT2D eigenvalue weighted by molar-refractivity contribution is 5.91. The van der Waals surface area contributed by atoms with E-state index in [0.717, 1.165) is 22.5 Å². The first-order valence-electron chi connectivity index (χ1n) is 7.65. The summed E-state index contributed by atoms with van der Waals surface area (Å²) in [6, 6.07) is 7.42. The van der Waals surface area contributed by atoms with Crippen molar-refractivity contribution in [1.29, 1.82) is 0 Å². The summed E-state index contributed by atoms with van der Waals surface area (Å²) >= 11 is 0. The number of rotatable bonds is 5. The number of hydrogen-bond acceptors (Lipinski definition) is 3. The second-order valence-corrected chi connectivity index (χ2v) is 5.33. The van der Waals surface area contributed by atoms with Crippen LogP contribution < -0.4 is 5.32 Å². The maximum atomic E-state index is 12.4. The number of imidazole rings is 1. The fourth-order valence-corrected chi connectivity index (χ4v) is 2.48. The van der Waals surface area contributed by atoms with Crippen LogP contribution in [0.5, 0.6) is 0 Å². The number of carbonyl (C=O) groups is 1. The fourth-order valence-electron chi connectivity index (χ4n) is 2.48. The summed E-state index contributed by atoms with van der Waals surface area (Å²) in [6.45, 7) is 5.79. The lowest BCUT2D eigenvalue weighted by atomic mass is 10.3. The van der Waals surface area contributed by atoms with E-state index in [9.17, 15) is 4.79 Å². The van der Waals surface area contributed by atoms with Gasteiger partial charge in [0.25, 0.3) is 0 Å². The molecule has 0 radical (unpaired) electrons. The lowest BCUT2D eigenvalue weighted by Crippen LogP contribution is -2.37. The lowest BCUT2D eigenvalue weighted by molar-refractivity contribution is 0.211. The van der Waals surface area contributed by atoms with Gasteiger partial charge in [-0.1, -0.05) is 0 Å². The Labute approximate surface area is 134 Å². The summed E-state index contributed by atoms with van der Waals surface area (Å²) in [5, 5.41) is 7.08. The smallest absolute Gasteiger partial charge is 0.321 e. The molecular formula is C16H20N6O. The van der Waals surface area contributed by atoms with E-state index in [1.807, 2.05) is 49.0 Å². The van der Waals surface area contributed by atoms with Gasteiger partial charge in [-0.05, 0) is 38.1 Å². The van der Waals surface area contributed by atoms with Gasteiger partial charge in [-0.15, -0.1) is 0 Å². The molecule has 2 N–H and O–H groups in total. The van der Waals surface area contributed by atoms with Crippen molar-refractivity contribution in [2.45, 2.75) is 20.4 Å². The van der Waals surface area contributed by atoms with Gasteiger partial charge >= 0.3 is 6.03 Å². The zero-order chi connectivity index (χ0) is 16.2. The van der Waals surface area contributed by atoms with Crippen molar-refractivity contribution in [2.24, 2.45) is 0 Å². The summed E-state index contributed by atoms with van der Waals surface area (Å²) < 4.78 is 1.81. The zero-order valence-corrected chi connectivity index (χ0v) is 13.3. The minimum atomic E-state index is -0.116. The summed E-state index contributed by atoms with van der Waals surface area (Å²) in [5.41, 5.74) is 2.56. The van der Waals surface area contributed by atoms with Crippen LogP contribution in [0.3, 0.4) is 0 Å². The van der Waals surface area contributed by atoms with Crippen LogP contribution in [0.2, 0.25) is 0 Å². The molecule has 3 rings (SSSR count). The number of carbonyl (C=O) groups excluding carboxylic acids is 1. The molecule has 7 nitrogen and oxygen atoms in total. The van der Waals surface area contributed by atoms with E-state index in [-0.39, 0.29) is 6.03 Å². The number of benzene rings is 1. The molecule has 0 saturated heterocycles. The van der Waals surface area contributed by atoms with Gasteiger partial charge in [0.05, 0.1) is 17.6 Å². The van der Waals surface area contributed by atoms with Crippen LogP contribution in [0, 0.1) is 6.92 Å². The average Bonchev–Trinajstić information content (AvgIpc) is 3.15. The molecule has 120 valence electrons. The number of aryl methyl sites for hydroxylation is 1. The first-order valence-corrected chi connectivity index (χ1v) is 7.65. The first-order chi connectivity index (χ1) is 11.2. The van der Waals surface area contributed by atoms with Gasteiger partial charge in [-0.2, -0.15) is 5.10 Å². The van der Waals surface area contributed by atoms with Crippen molar-refractivity contribution >= 4 is 22.8 Å². The van der Waals surface area contributed by atoms with E-state index in [1.165, 1.54) is 0 Å². The molecule has 3 aromatic rings. The maximum Gasteiger partial charge on any atom is 0.321 e. The summed E-state index contributed by atoms with van der Waals surface area (Å²) in [7, 11) is 0. The van der Waals surface area contributed by atoms with Crippen LogP contribution in [0.4, 0.5) is 10.5 Å². The van der Waals surface area contributed by atoms with E-state index in [1.54, 1.807) is 11.1 Å². The number of hydrogen-bond donors (Lipinski definition) is 2. The van der Waals surface area contributed by atoms with Gasteiger partial charge < -0.3 is 15.2 Å². The number of aromatic nitrogens is 4. The number of H-pyrrole nitrogens is 1. The molecule has 0 aliphatic carbocycles. The Hall–Kier alpha value is -2.83. The molecule has 0 fully saturated rings. The predicted molar refractivity (Wildman–Crippen MR) is 89.3 cm³/mol. The minimum absolute atomic E-state index is 0.116. The molecule has 2 aromatic heterocycles. The molecule has 1 aromatic carbocycles. The number of amides is 2. The number of nitrogens with one attached hydrogen (secondary N) is 2. The predicted octanol–water partition coefficient (Wildman–Crippen LogP) is 2.62. The van der Waals surface area contributed by atoms with Crippen LogP contribution >= 0.6 is 0 Å². The highest BCUT2D eigenvalue weighted by Gasteiger charge is 2.12. The Bertz CT molecular complexity index is 792.